The van der Waals surface area contributed by atoms with E-state index >= 15 is 0 Å². The molecular weight excluding hydrogens is 368 g/mol. The Morgan fingerprint density at radius 3 is 2.85 bits per heavy atom. The van der Waals surface area contributed by atoms with Crippen LogP contribution in [0.5, 0.6) is 0 Å². The summed E-state index contributed by atoms with van der Waals surface area (Å²) in [5, 5.41) is 16.3. The Bertz CT molecular complexity index is 1050. The third-order valence-corrected chi connectivity index (χ3v) is 5.54. The van der Waals surface area contributed by atoms with Crippen molar-refractivity contribution in [2.75, 3.05) is 0 Å². The minimum Gasteiger partial charge on any atom is -0.334 e. The summed E-state index contributed by atoms with van der Waals surface area (Å²) in [6, 6.07) is 7.99. The van der Waals surface area contributed by atoms with Crippen LogP contribution < -0.4 is 0 Å². The summed E-state index contributed by atoms with van der Waals surface area (Å²) in [5.74, 6) is 2.46. The van der Waals surface area contributed by atoms with Gasteiger partial charge in [0.15, 0.2) is 16.8 Å². The molecule has 0 aliphatic carbocycles. The highest BCUT2D eigenvalue weighted by Gasteiger charge is 2.15. The molecule has 0 fully saturated rings. The van der Waals surface area contributed by atoms with Gasteiger partial charge in [-0.25, -0.2) is 4.98 Å². The molecule has 0 unspecified atom stereocenters. The van der Waals surface area contributed by atoms with E-state index in [9.17, 15) is 0 Å². The Labute approximate surface area is 158 Å². The fourth-order valence-corrected chi connectivity index (χ4v) is 3.81. The SMILES string of the molecule is Cc1cccc(-c2nc(CSc3nnc(-c4csc(C)n4)n3C)no2)c1. The van der Waals surface area contributed by atoms with Crippen molar-refractivity contribution in [3.63, 3.8) is 0 Å². The first-order valence-corrected chi connectivity index (χ1v) is 9.81. The van der Waals surface area contributed by atoms with Crippen LogP contribution in [-0.4, -0.2) is 29.9 Å². The molecule has 0 amide bonds. The van der Waals surface area contributed by atoms with Crippen molar-refractivity contribution in [3.8, 4) is 23.0 Å². The van der Waals surface area contributed by atoms with Gasteiger partial charge in [-0.2, -0.15) is 4.98 Å². The molecule has 0 aliphatic rings. The van der Waals surface area contributed by atoms with Crippen molar-refractivity contribution in [2.24, 2.45) is 7.05 Å². The monoisotopic (exact) mass is 384 g/mol. The average Bonchev–Trinajstić information content (AvgIpc) is 3.33. The van der Waals surface area contributed by atoms with Gasteiger partial charge in [0, 0.05) is 18.0 Å². The van der Waals surface area contributed by atoms with Crippen LogP contribution in [0.1, 0.15) is 16.4 Å². The fourth-order valence-electron chi connectivity index (χ4n) is 2.47. The fraction of sp³-hybridized carbons (Fsp3) is 0.235. The largest absolute Gasteiger partial charge is 0.334 e. The van der Waals surface area contributed by atoms with E-state index in [1.54, 1.807) is 11.3 Å². The van der Waals surface area contributed by atoms with Gasteiger partial charge in [0.2, 0.25) is 0 Å². The molecule has 0 bridgehead atoms. The number of hydrogen-bond donors (Lipinski definition) is 0. The zero-order chi connectivity index (χ0) is 18.1. The molecule has 1 aromatic carbocycles. The minimum absolute atomic E-state index is 0.529. The van der Waals surface area contributed by atoms with E-state index in [1.807, 2.05) is 55.1 Å². The summed E-state index contributed by atoms with van der Waals surface area (Å²) in [6.45, 7) is 4.01. The van der Waals surface area contributed by atoms with Crippen LogP contribution in [0.2, 0.25) is 0 Å². The van der Waals surface area contributed by atoms with Crippen molar-refractivity contribution < 1.29 is 4.52 Å². The molecule has 0 radical (unpaired) electrons. The lowest BCUT2D eigenvalue weighted by Gasteiger charge is -2.00. The molecule has 4 rings (SSSR count). The molecule has 7 nitrogen and oxygen atoms in total. The van der Waals surface area contributed by atoms with Crippen LogP contribution >= 0.6 is 23.1 Å². The molecule has 3 aromatic heterocycles. The van der Waals surface area contributed by atoms with Crippen LogP contribution in [0, 0.1) is 13.8 Å². The zero-order valence-corrected chi connectivity index (χ0v) is 16.1. The smallest absolute Gasteiger partial charge is 0.257 e. The Kier molecular flexibility index (Phi) is 4.56. The predicted octanol–water partition coefficient (Wildman–Crippen LogP) is 3.90. The van der Waals surface area contributed by atoms with E-state index < -0.39 is 0 Å². The summed E-state index contributed by atoms with van der Waals surface area (Å²) < 4.78 is 7.31. The van der Waals surface area contributed by atoms with Gasteiger partial charge in [0.1, 0.15) is 5.69 Å². The molecule has 0 N–H and O–H groups in total. The maximum atomic E-state index is 5.38. The van der Waals surface area contributed by atoms with Crippen LogP contribution in [0.15, 0.2) is 39.3 Å². The van der Waals surface area contributed by atoms with Gasteiger partial charge >= 0.3 is 0 Å². The third kappa shape index (κ3) is 3.40. The zero-order valence-electron chi connectivity index (χ0n) is 14.5. The Balaban J connectivity index is 1.48. The van der Waals surface area contributed by atoms with Crippen molar-refractivity contribution in [1.29, 1.82) is 0 Å². The molecule has 3 heterocycles. The van der Waals surface area contributed by atoms with Crippen molar-refractivity contribution >= 4 is 23.1 Å². The number of nitrogens with zero attached hydrogens (tertiary/aromatic N) is 6. The molecule has 4 aromatic rings. The first-order valence-electron chi connectivity index (χ1n) is 7.94. The molecule has 132 valence electrons. The second-order valence-electron chi connectivity index (χ2n) is 5.79. The number of aromatic nitrogens is 6. The van der Waals surface area contributed by atoms with Gasteiger partial charge in [-0.05, 0) is 26.0 Å². The highest BCUT2D eigenvalue weighted by molar-refractivity contribution is 7.98. The van der Waals surface area contributed by atoms with Crippen LogP contribution in [0.4, 0.5) is 0 Å². The summed E-state index contributed by atoms with van der Waals surface area (Å²) in [5.41, 5.74) is 2.92. The van der Waals surface area contributed by atoms with Crippen molar-refractivity contribution in [3.05, 3.63) is 46.0 Å². The van der Waals surface area contributed by atoms with Crippen LogP contribution in [0.25, 0.3) is 23.0 Å². The van der Waals surface area contributed by atoms with Crippen molar-refractivity contribution in [1.82, 2.24) is 29.9 Å². The van der Waals surface area contributed by atoms with Crippen LogP contribution in [0.3, 0.4) is 0 Å². The maximum Gasteiger partial charge on any atom is 0.257 e. The summed E-state index contributed by atoms with van der Waals surface area (Å²) >= 11 is 3.11. The van der Waals surface area contributed by atoms with Gasteiger partial charge in [0.05, 0.1) is 10.8 Å². The number of rotatable bonds is 5. The second kappa shape index (κ2) is 7.00. The molecule has 0 aliphatic heterocycles. The quantitative estimate of drug-likeness (QED) is 0.483. The second-order valence-corrected chi connectivity index (χ2v) is 7.80. The van der Waals surface area contributed by atoms with Crippen molar-refractivity contribution in [2.45, 2.75) is 24.8 Å². The van der Waals surface area contributed by atoms with E-state index in [4.69, 9.17) is 4.52 Å². The molecule has 0 saturated heterocycles. The summed E-state index contributed by atoms with van der Waals surface area (Å²) in [6.07, 6.45) is 0. The Hall–Kier alpha value is -2.52. The van der Waals surface area contributed by atoms with E-state index in [2.05, 4.69) is 25.3 Å². The first-order chi connectivity index (χ1) is 12.6. The van der Waals surface area contributed by atoms with E-state index in [-0.39, 0.29) is 0 Å². The van der Waals surface area contributed by atoms with Gasteiger partial charge in [0.25, 0.3) is 5.89 Å². The first kappa shape index (κ1) is 16.9. The lowest BCUT2D eigenvalue weighted by molar-refractivity contribution is 0.425. The van der Waals surface area contributed by atoms with Gasteiger partial charge < -0.3 is 9.09 Å². The molecule has 9 heteroatoms. The normalized spacial score (nSPS) is 11.2. The minimum atomic E-state index is 0.529. The summed E-state index contributed by atoms with van der Waals surface area (Å²) in [4.78, 5) is 8.93. The molecule has 0 saturated carbocycles. The number of thioether (sulfide) groups is 1. The van der Waals surface area contributed by atoms with E-state index in [0.717, 1.165) is 32.8 Å². The number of hydrogen-bond acceptors (Lipinski definition) is 8. The van der Waals surface area contributed by atoms with Gasteiger partial charge in [-0.15, -0.1) is 21.5 Å². The topological polar surface area (TPSA) is 82.5 Å². The summed E-state index contributed by atoms with van der Waals surface area (Å²) in [7, 11) is 1.93. The Morgan fingerprint density at radius 2 is 2.08 bits per heavy atom. The number of aryl methyl sites for hydroxylation is 2. The highest BCUT2D eigenvalue weighted by Crippen LogP contribution is 2.26. The lowest BCUT2D eigenvalue weighted by Crippen LogP contribution is -1.95. The Morgan fingerprint density at radius 1 is 1.19 bits per heavy atom. The predicted molar refractivity (Wildman–Crippen MR) is 101 cm³/mol. The average molecular weight is 384 g/mol. The van der Waals surface area contributed by atoms with Crippen LogP contribution in [-0.2, 0) is 12.8 Å². The van der Waals surface area contributed by atoms with Gasteiger partial charge in [-0.3, -0.25) is 0 Å². The molecule has 0 spiro atoms. The van der Waals surface area contributed by atoms with E-state index in [0.29, 0.717) is 17.5 Å². The maximum absolute atomic E-state index is 5.38. The van der Waals surface area contributed by atoms with E-state index in [1.165, 1.54) is 11.8 Å². The molecular formula is C17H16N6OS2. The molecule has 0 atom stereocenters. The highest BCUT2D eigenvalue weighted by atomic mass is 32.2. The standard InChI is InChI=1S/C17H16N6OS2/c1-10-5-4-6-12(7-10)16-19-14(22-24-16)9-26-17-21-20-15(23(17)3)13-8-25-11(2)18-13/h4-8H,9H2,1-3H3. The third-order valence-electron chi connectivity index (χ3n) is 3.75. The number of benzene rings is 1. The van der Waals surface area contributed by atoms with Gasteiger partial charge in [-0.1, -0.05) is 34.6 Å². The molecule has 26 heavy (non-hydrogen) atoms. The number of thiazole rings is 1. The lowest BCUT2D eigenvalue weighted by atomic mass is 10.1.